The highest BCUT2D eigenvalue weighted by atomic mass is 16.3. The van der Waals surface area contributed by atoms with E-state index in [2.05, 4.69) is 19.9 Å². The molecule has 3 aromatic rings. The van der Waals surface area contributed by atoms with Crippen LogP contribution in [0.5, 0.6) is 0 Å². The number of hydrogen-bond donors (Lipinski definition) is 1. The summed E-state index contributed by atoms with van der Waals surface area (Å²) in [6.45, 7) is 2.62. The molecule has 0 saturated carbocycles. The number of aromatic nitrogens is 3. The van der Waals surface area contributed by atoms with Gasteiger partial charge in [-0.3, -0.25) is 4.98 Å². The van der Waals surface area contributed by atoms with Gasteiger partial charge in [0.2, 0.25) is 0 Å². The first kappa shape index (κ1) is 17.3. The molecule has 0 spiro atoms. The van der Waals surface area contributed by atoms with E-state index in [0.717, 1.165) is 37.5 Å². The van der Waals surface area contributed by atoms with Crippen LogP contribution < -0.4 is 5.32 Å². The zero-order chi connectivity index (χ0) is 18.5. The first-order chi connectivity index (χ1) is 13.3. The van der Waals surface area contributed by atoms with Gasteiger partial charge in [-0.25, -0.2) is 9.78 Å². The second-order valence-electron chi connectivity index (χ2n) is 6.79. The Labute approximate surface area is 158 Å². The van der Waals surface area contributed by atoms with Crippen molar-refractivity contribution >= 4 is 6.03 Å². The number of piperidine rings is 1. The third-order valence-corrected chi connectivity index (χ3v) is 4.92. The second-order valence-corrected chi connectivity index (χ2v) is 6.79. The molecule has 0 bridgehead atoms. The van der Waals surface area contributed by atoms with Crippen LogP contribution in [0.4, 0.5) is 4.79 Å². The lowest BCUT2D eigenvalue weighted by molar-refractivity contribution is 0.176. The number of urea groups is 1. The molecular weight excluding hydrogens is 342 g/mol. The van der Waals surface area contributed by atoms with Crippen LogP contribution in [0.2, 0.25) is 0 Å². The van der Waals surface area contributed by atoms with E-state index in [-0.39, 0.29) is 11.9 Å². The standard InChI is InChI=1S/C20H23N5O2/c26-20(23-13-18-4-2-12-27-18)25-10-1-3-17(15-25)19-22-9-11-24(19)14-16-5-7-21-8-6-16/h2,4-9,11-12,17H,1,3,10,13-15H2,(H,23,26)/t17-/m1/s1. The van der Waals surface area contributed by atoms with Gasteiger partial charge in [0.25, 0.3) is 0 Å². The topological polar surface area (TPSA) is 76.2 Å². The maximum absolute atomic E-state index is 12.5. The van der Waals surface area contributed by atoms with Crippen molar-refractivity contribution < 1.29 is 9.21 Å². The van der Waals surface area contributed by atoms with Gasteiger partial charge in [0.05, 0.1) is 12.8 Å². The number of nitrogens with one attached hydrogen (secondary N) is 1. The Kier molecular flexibility index (Phi) is 5.18. The Morgan fingerprint density at radius 1 is 1.26 bits per heavy atom. The Morgan fingerprint density at radius 3 is 2.96 bits per heavy atom. The van der Waals surface area contributed by atoms with E-state index in [1.54, 1.807) is 18.7 Å². The molecule has 1 atom stereocenters. The summed E-state index contributed by atoms with van der Waals surface area (Å²) in [5, 5.41) is 2.93. The number of pyridine rings is 1. The van der Waals surface area contributed by atoms with Gasteiger partial charge in [-0.15, -0.1) is 0 Å². The van der Waals surface area contributed by atoms with Crippen molar-refractivity contribution in [2.24, 2.45) is 0 Å². The smallest absolute Gasteiger partial charge is 0.317 e. The van der Waals surface area contributed by atoms with Crippen molar-refractivity contribution in [3.8, 4) is 0 Å². The molecule has 27 heavy (non-hydrogen) atoms. The van der Waals surface area contributed by atoms with Crippen LogP contribution >= 0.6 is 0 Å². The monoisotopic (exact) mass is 365 g/mol. The van der Waals surface area contributed by atoms with Crippen LogP contribution in [0.15, 0.2) is 59.7 Å². The van der Waals surface area contributed by atoms with E-state index in [1.165, 1.54) is 5.56 Å². The number of imidazole rings is 1. The van der Waals surface area contributed by atoms with Gasteiger partial charge in [0.15, 0.2) is 0 Å². The summed E-state index contributed by atoms with van der Waals surface area (Å²) in [7, 11) is 0. The molecule has 140 valence electrons. The van der Waals surface area contributed by atoms with Gasteiger partial charge in [-0.1, -0.05) is 0 Å². The lowest BCUT2D eigenvalue weighted by atomic mass is 9.97. The highest BCUT2D eigenvalue weighted by Crippen LogP contribution is 2.26. The number of amides is 2. The fraction of sp³-hybridized carbons (Fsp3) is 0.350. The number of nitrogens with zero attached hydrogens (tertiary/aromatic N) is 4. The molecule has 2 amide bonds. The van der Waals surface area contributed by atoms with Crippen molar-refractivity contribution in [3.05, 3.63) is 72.5 Å². The SMILES string of the molecule is O=C(NCc1ccco1)N1CCC[C@@H](c2nccn2Cc2ccncc2)C1. The maximum Gasteiger partial charge on any atom is 0.317 e. The summed E-state index contributed by atoms with van der Waals surface area (Å²) in [5.74, 6) is 2.03. The molecule has 3 aromatic heterocycles. The average molecular weight is 365 g/mol. The maximum atomic E-state index is 12.5. The molecule has 4 heterocycles. The highest BCUT2D eigenvalue weighted by molar-refractivity contribution is 5.74. The normalized spacial score (nSPS) is 17.0. The van der Waals surface area contributed by atoms with Crippen LogP contribution in [0.25, 0.3) is 0 Å². The molecule has 1 fully saturated rings. The fourth-order valence-corrected chi connectivity index (χ4v) is 3.56. The molecule has 1 aliphatic heterocycles. The highest BCUT2D eigenvalue weighted by Gasteiger charge is 2.27. The van der Waals surface area contributed by atoms with Crippen molar-refractivity contribution in [3.63, 3.8) is 0 Å². The molecule has 7 heteroatoms. The summed E-state index contributed by atoms with van der Waals surface area (Å²) in [6, 6.07) is 7.65. The number of rotatable bonds is 5. The molecule has 1 N–H and O–H groups in total. The Morgan fingerprint density at radius 2 is 2.15 bits per heavy atom. The van der Waals surface area contributed by atoms with Gasteiger partial charge >= 0.3 is 6.03 Å². The Hall–Kier alpha value is -3.09. The first-order valence-electron chi connectivity index (χ1n) is 9.24. The van der Waals surface area contributed by atoms with E-state index >= 15 is 0 Å². The minimum absolute atomic E-state index is 0.0525. The minimum Gasteiger partial charge on any atom is -0.467 e. The van der Waals surface area contributed by atoms with Gasteiger partial charge < -0.3 is 19.2 Å². The summed E-state index contributed by atoms with van der Waals surface area (Å²) in [5.41, 5.74) is 1.19. The molecular formula is C20H23N5O2. The van der Waals surface area contributed by atoms with Crippen molar-refractivity contribution in [2.75, 3.05) is 13.1 Å². The minimum atomic E-state index is -0.0525. The van der Waals surface area contributed by atoms with Crippen LogP contribution in [-0.2, 0) is 13.1 Å². The first-order valence-corrected chi connectivity index (χ1v) is 9.24. The van der Waals surface area contributed by atoms with Gasteiger partial charge in [-0.2, -0.15) is 0 Å². The third-order valence-electron chi connectivity index (χ3n) is 4.92. The van der Waals surface area contributed by atoms with E-state index in [0.29, 0.717) is 13.1 Å². The van der Waals surface area contributed by atoms with Crippen molar-refractivity contribution in [1.29, 1.82) is 0 Å². The van der Waals surface area contributed by atoms with E-state index in [1.807, 2.05) is 41.6 Å². The molecule has 4 rings (SSSR count). The zero-order valence-electron chi connectivity index (χ0n) is 15.1. The summed E-state index contributed by atoms with van der Waals surface area (Å²) in [6.07, 6.45) is 11.1. The fourth-order valence-electron chi connectivity index (χ4n) is 3.56. The number of hydrogen-bond acceptors (Lipinski definition) is 4. The van der Waals surface area contributed by atoms with Crippen molar-refractivity contribution in [2.45, 2.75) is 31.8 Å². The number of carbonyl (C=O) groups is 1. The number of carbonyl (C=O) groups excluding carboxylic acids is 1. The van der Waals surface area contributed by atoms with Crippen LogP contribution in [-0.4, -0.2) is 38.6 Å². The Balaban J connectivity index is 1.40. The quantitative estimate of drug-likeness (QED) is 0.754. The summed E-state index contributed by atoms with van der Waals surface area (Å²) < 4.78 is 7.44. The van der Waals surface area contributed by atoms with Gasteiger partial charge in [-0.05, 0) is 42.7 Å². The second kappa shape index (κ2) is 8.07. The van der Waals surface area contributed by atoms with E-state index < -0.39 is 0 Å². The van der Waals surface area contributed by atoms with Gasteiger partial charge in [0, 0.05) is 50.3 Å². The lowest BCUT2D eigenvalue weighted by Gasteiger charge is -2.32. The third kappa shape index (κ3) is 4.19. The summed E-state index contributed by atoms with van der Waals surface area (Å²) in [4.78, 5) is 23.1. The number of likely N-dealkylation sites (tertiary alicyclic amines) is 1. The van der Waals surface area contributed by atoms with E-state index in [9.17, 15) is 4.79 Å². The molecule has 7 nitrogen and oxygen atoms in total. The predicted octanol–water partition coefficient (Wildman–Crippen LogP) is 3.01. The van der Waals surface area contributed by atoms with Crippen LogP contribution in [0.1, 0.15) is 35.9 Å². The lowest BCUT2D eigenvalue weighted by Crippen LogP contribution is -2.45. The van der Waals surface area contributed by atoms with Gasteiger partial charge in [0.1, 0.15) is 11.6 Å². The molecule has 0 unspecified atom stereocenters. The molecule has 1 aliphatic rings. The van der Waals surface area contributed by atoms with Crippen molar-refractivity contribution in [1.82, 2.24) is 24.8 Å². The number of furan rings is 1. The largest absolute Gasteiger partial charge is 0.467 e. The molecule has 0 aromatic carbocycles. The average Bonchev–Trinajstić information content (AvgIpc) is 3.39. The van der Waals surface area contributed by atoms with Crippen LogP contribution in [0.3, 0.4) is 0 Å². The van der Waals surface area contributed by atoms with Crippen LogP contribution in [0, 0.1) is 0 Å². The molecule has 0 aliphatic carbocycles. The predicted molar refractivity (Wildman–Crippen MR) is 100 cm³/mol. The van der Waals surface area contributed by atoms with E-state index in [4.69, 9.17) is 4.42 Å². The zero-order valence-corrected chi connectivity index (χ0v) is 15.1. The summed E-state index contributed by atoms with van der Waals surface area (Å²) >= 11 is 0. The molecule has 0 radical (unpaired) electrons. The molecule has 1 saturated heterocycles. The Bertz CT molecular complexity index is 860.